The zero-order chi connectivity index (χ0) is 6.53. The fourth-order valence-corrected chi connectivity index (χ4v) is 0.904. The van der Waals surface area contributed by atoms with Gasteiger partial charge in [-0.25, -0.2) is 0 Å². The van der Waals surface area contributed by atoms with Gasteiger partial charge >= 0.3 is 11.7 Å². The van der Waals surface area contributed by atoms with Crippen LogP contribution in [0.2, 0.25) is 0 Å². The van der Waals surface area contributed by atoms with Gasteiger partial charge in [0.2, 0.25) is 0 Å². The van der Waals surface area contributed by atoms with Gasteiger partial charge in [0.15, 0.2) is 0 Å². The molecule has 1 aromatic rings. The van der Waals surface area contributed by atoms with Crippen molar-refractivity contribution in [1.82, 2.24) is 0 Å². The second-order valence-corrected chi connectivity index (χ2v) is 2.20. The van der Waals surface area contributed by atoms with Crippen LogP contribution in [0.4, 0.5) is 0 Å². The summed E-state index contributed by atoms with van der Waals surface area (Å²) < 4.78 is 10.0. The number of hydrogen-bond donors (Lipinski definition) is 0. The second kappa shape index (κ2) is 3.30. The maximum absolute atomic E-state index is 10.0. The second-order valence-electron chi connectivity index (χ2n) is 1.67. The Morgan fingerprint density at radius 1 is 1.67 bits per heavy atom. The molecule has 0 aliphatic heterocycles. The Morgan fingerprint density at radius 2 is 2.56 bits per heavy atom. The van der Waals surface area contributed by atoms with Gasteiger partial charge < -0.3 is 0 Å². The van der Waals surface area contributed by atoms with Crippen LogP contribution >= 0.6 is 0 Å². The van der Waals surface area contributed by atoms with Crippen molar-refractivity contribution in [2.24, 2.45) is 0 Å². The topological polar surface area (TPSA) is 17.1 Å². The highest BCUT2D eigenvalue weighted by atomic mass is 32.1. The Morgan fingerprint density at radius 3 is 3.11 bits per heavy atom. The van der Waals surface area contributed by atoms with E-state index in [0.717, 1.165) is 5.56 Å². The summed E-state index contributed by atoms with van der Waals surface area (Å²) in [7, 11) is 0. The summed E-state index contributed by atoms with van der Waals surface area (Å²) in [6, 6.07) is 10.3. The van der Waals surface area contributed by atoms with Crippen LogP contribution in [0.5, 0.6) is 0 Å². The molecule has 0 atom stereocenters. The highest BCUT2D eigenvalue weighted by Gasteiger charge is 1.98. The molecule has 0 spiro atoms. The summed E-state index contributed by atoms with van der Waals surface area (Å²) in [5, 5.41) is 0. The molecule has 0 saturated carbocycles. The molecule has 1 nitrogen and oxygen atoms in total. The summed E-state index contributed by atoms with van der Waals surface area (Å²) in [6.07, 6.45) is 0. The van der Waals surface area contributed by atoms with Gasteiger partial charge in [0.1, 0.15) is 0 Å². The van der Waals surface area contributed by atoms with Crippen molar-refractivity contribution < 1.29 is 4.21 Å². The fourth-order valence-electron chi connectivity index (χ4n) is 0.588. The molecule has 0 bridgehead atoms. The van der Waals surface area contributed by atoms with E-state index >= 15 is 0 Å². The van der Waals surface area contributed by atoms with E-state index in [2.05, 4.69) is 6.07 Å². The Bertz CT molecular complexity index is 183. The predicted molar refractivity (Wildman–Crippen MR) is 37.0 cm³/mol. The van der Waals surface area contributed by atoms with Crippen molar-refractivity contribution in [3.8, 4) is 0 Å². The third-order valence-electron chi connectivity index (χ3n) is 0.997. The summed E-state index contributed by atoms with van der Waals surface area (Å²) in [5.74, 6) is 0.539. The van der Waals surface area contributed by atoms with E-state index in [1.54, 1.807) is 0 Å². The lowest BCUT2D eigenvalue weighted by atomic mass is 10.2. The Kier molecular flexibility index (Phi) is 2.33. The molecule has 0 unspecified atom stereocenters. The van der Waals surface area contributed by atoms with Crippen LogP contribution in [0.3, 0.4) is 0 Å². The van der Waals surface area contributed by atoms with Gasteiger partial charge in [0.05, 0.1) is 0 Å². The van der Waals surface area contributed by atoms with Gasteiger partial charge in [-0.05, 0) is 12.1 Å². The van der Waals surface area contributed by atoms with Crippen molar-refractivity contribution >= 4 is 11.7 Å². The first-order valence-electron chi connectivity index (χ1n) is 2.63. The maximum atomic E-state index is 10.0. The summed E-state index contributed by atoms with van der Waals surface area (Å²) in [4.78, 5) is 0. The minimum absolute atomic E-state index is 0.539. The van der Waals surface area contributed by atoms with Crippen molar-refractivity contribution in [1.29, 1.82) is 0 Å². The van der Waals surface area contributed by atoms with Crippen LogP contribution in [0.25, 0.3) is 0 Å². The summed E-state index contributed by atoms with van der Waals surface area (Å²) >= 11 is 0.585. The standard InChI is InChI=1S/C7H6OS/c8-9-6-7-4-2-1-3-5-7/h1-2,4-5H,6H2/q+1. The molecule has 0 aliphatic carbocycles. The minimum atomic E-state index is 0.539. The molecular formula is C7H6OS+. The van der Waals surface area contributed by atoms with E-state index < -0.39 is 0 Å². The van der Waals surface area contributed by atoms with Crippen LogP contribution < -0.4 is 0 Å². The van der Waals surface area contributed by atoms with Crippen molar-refractivity contribution in [3.05, 3.63) is 35.9 Å². The zero-order valence-corrected chi connectivity index (χ0v) is 5.65. The molecule has 45 valence electrons. The first-order chi connectivity index (χ1) is 4.43. The number of rotatable bonds is 2. The first kappa shape index (κ1) is 6.36. The molecule has 0 aliphatic rings. The third-order valence-corrected chi connectivity index (χ3v) is 1.45. The highest BCUT2D eigenvalue weighted by molar-refractivity contribution is 7.64. The molecule has 9 heavy (non-hydrogen) atoms. The van der Waals surface area contributed by atoms with E-state index in [1.165, 1.54) is 0 Å². The maximum Gasteiger partial charge on any atom is 0.463 e. The van der Waals surface area contributed by atoms with Crippen molar-refractivity contribution in [3.63, 3.8) is 0 Å². The molecule has 0 N–H and O–H groups in total. The lowest BCUT2D eigenvalue weighted by Gasteiger charge is -1.82. The Hall–Kier alpha value is -0.760. The largest absolute Gasteiger partial charge is 0.463 e. The van der Waals surface area contributed by atoms with Gasteiger partial charge in [0.25, 0.3) is 5.75 Å². The third kappa shape index (κ3) is 1.90. The van der Waals surface area contributed by atoms with E-state index in [9.17, 15) is 4.21 Å². The molecular weight excluding hydrogens is 132 g/mol. The molecule has 1 aromatic carbocycles. The summed E-state index contributed by atoms with van der Waals surface area (Å²) in [5.41, 5.74) is 1.04. The van der Waals surface area contributed by atoms with Gasteiger partial charge in [-0.1, -0.05) is 18.2 Å². The van der Waals surface area contributed by atoms with Gasteiger partial charge in [0, 0.05) is 9.77 Å². The predicted octanol–water partition coefficient (Wildman–Crippen LogP) is 1.41. The van der Waals surface area contributed by atoms with E-state index in [1.807, 2.05) is 24.3 Å². The average Bonchev–Trinajstić information content (AvgIpc) is 1.91. The van der Waals surface area contributed by atoms with Gasteiger partial charge in [-0.15, -0.1) is 0 Å². The monoisotopic (exact) mass is 138 g/mol. The minimum Gasteiger partial charge on any atom is -0.0612 e. The molecule has 1 rings (SSSR count). The van der Waals surface area contributed by atoms with Crippen molar-refractivity contribution in [2.45, 2.75) is 5.75 Å². The first-order valence-corrected chi connectivity index (χ1v) is 3.54. The molecule has 0 heterocycles. The molecule has 0 amide bonds. The van der Waals surface area contributed by atoms with Crippen LogP contribution in [-0.2, 0) is 21.6 Å². The normalized spacial score (nSPS) is 8.89. The fraction of sp³-hybridized carbons (Fsp3) is 0.143. The lowest BCUT2D eigenvalue weighted by Crippen LogP contribution is -1.78. The SMILES string of the molecule is O=[S+]Cc1c[c]ccc1. The zero-order valence-electron chi connectivity index (χ0n) is 4.83. The Labute approximate surface area is 58.2 Å². The number of benzene rings is 1. The van der Waals surface area contributed by atoms with Gasteiger partial charge in [-0.3, -0.25) is 0 Å². The Balaban J connectivity index is 2.72. The highest BCUT2D eigenvalue weighted by Crippen LogP contribution is 1.96. The average molecular weight is 138 g/mol. The van der Waals surface area contributed by atoms with Crippen LogP contribution in [0.1, 0.15) is 5.56 Å². The van der Waals surface area contributed by atoms with E-state index in [-0.39, 0.29) is 0 Å². The van der Waals surface area contributed by atoms with Crippen LogP contribution in [0, 0.1) is 6.07 Å². The van der Waals surface area contributed by atoms with Gasteiger partial charge in [-0.2, -0.15) is 0 Å². The van der Waals surface area contributed by atoms with Crippen molar-refractivity contribution in [2.75, 3.05) is 0 Å². The molecule has 1 radical (unpaired) electrons. The molecule has 0 aromatic heterocycles. The van der Waals surface area contributed by atoms with E-state index in [0.29, 0.717) is 17.4 Å². The molecule has 0 fully saturated rings. The molecule has 2 heteroatoms. The lowest BCUT2D eigenvalue weighted by molar-refractivity contribution is 0.604. The number of hydrogen-bond acceptors (Lipinski definition) is 1. The van der Waals surface area contributed by atoms with Crippen LogP contribution in [-0.4, -0.2) is 0 Å². The van der Waals surface area contributed by atoms with E-state index in [4.69, 9.17) is 0 Å². The summed E-state index contributed by atoms with van der Waals surface area (Å²) in [6.45, 7) is 0. The quantitative estimate of drug-likeness (QED) is 0.565. The molecule has 0 saturated heterocycles. The smallest absolute Gasteiger partial charge is 0.0612 e. The van der Waals surface area contributed by atoms with Crippen LogP contribution in [0.15, 0.2) is 24.3 Å².